The summed E-state index contributed by atoms with van der Waals surface area (Å²) in [5.41, 5.74) is 0.0901. The zero-order valence-electron chi connectivity index (χ0n) is 12.3. The van der Waals surface area contributed by atoms with Crippen molar-refractivity contribution in [3.63, 3.8) is 0 Å². The van der Waals surface area contributed by atoms with Gasteiger partial charge in [0.05, 0.1) is 0 Å². The minimum Gasteiger partial charge on any atom is -0.299 e. The number of hydrogen-bond acceptors (Lipinski definition) is 1. The van der Waals surface area contributed by atoms with Crippen molar-refractivity contribution in [1.82, 2.24) is 0 Å². The fraction of sp³-hybridized carbons (Fsp3) is 0.941. The molecule has 0 aliphatic heterocycles. The molecular formula is C17H30O. The Labute approximate surface area is 113 Å². The Balaban J connectivity index is 1.87. The van der Waals surface area contributed by atoms with Gasteiger partial charge in [-0.1, -0.05) is 52.4 Å². The lowest BCUT2D eigenvalue weighted by Gasteiger charge is -2.29. The third kappa shape index (κ3) is 3.36. The Bertz CT molecular complexity index is 267. The van der Waals surface area contributed by atoms with Crippen molar-refractivity contribution in [3.05, 3.63) is 0 Å². The van der Waals surface area contributed by atoms with Crippen LogP contribution < -0.4 is 0 Å². The Morgan fingerprint density at radius 2 is 1.72 bits per heavy atom. The molecule has 0 N–H and O–H groups in total. The molecule has 1 heteroatoms. The number of rotatable bonds is 6. The Morgan fingerprint density at radius 3 is 2.28 bits per heavy atom. The molecule has 0 aromatic carbocycles. The van der Waals surface area contributed by atoms with E-state index in [9.17, 15) is 4.79 Å². The van der Waals surface area contributed by atoms with Gasteiger partial charge in [-0.3, -0.25) is 4.79 Å². The van der Waals surface area contributed by atoms with Crippen LogP contribution >= 0.6 is 0 Å². The zero-order chi connectivity index (χ0) is 13.0. The molecule has 0 unspecified atom stereocenters. The molecule has 0 bridgehead atoms. The van der Waals surface area contributed by atoms with Gasteiger partial charge in [0.15, 0.2) is 0 Å². The van der Waals surface area contributed by atoms with E-state index in [0.29, 0.717) is 11.7 Å². The highest BCUT2D eigenvalue weighted by atomic mass is 16.1. The number of hydrogen-bond donors (Lipinski definition) is 0. The molecule has 2 fully saturated rings. The first-order valence-electron chi connectivity index (χ1n) is 8.16. The predicted octanol–water partition coefficient (Wildman–Crippen LogP) is 5.13. The molecule has 0 atom stereocenters. The highest BCUT2D eigenvalue weighted by Crippen LogP contribution is 2.45. The van der Waals surface area contributed by atoms with Crippen LogP contribution in [0.15, 0.2) is 0 Å². The van der Waals surface area contributed by atoms with Gasteiger partial charge in [0, 0.05) is 11.8 Å². The minimum absolute atomic E-state index is 0.0901. The molecule has 0 amide bonds. The third-order valence-corrected chi connectivity index (χ3v) is 5.21. The molecule has 0 heterocycles. The second-order valence-corrected chi connectivity index (χ2v) is 7.20. The quantitative estimate of drug-likeness (QED) is 0.638. The maximum atomic E-state index is 12.7. The Hall–Kier alpha value is -0.330. The monoisotopic (exact) mass is 250 g/mol. The van der Waals surface area contributed by atoms with Crippen molar-refractivity contribution in [1.29, 1.82) is 0 Å². The highest BCUT2D eigenvalue weighted by molar-refractivity contribution is 5.85. The van der Waals surface area contributed by atoms with E-state index in [1.807, 2.05) is 0 Å². The van der Waals surface area contributed by atoms with Crippen molar-refractivity contribution in [3.8, 4) is 0 Å². The lowest BCUT2D eigenvalue weighted by atomic mass is 9.73. The first-order valence-corrected chi connectivity index (χ1v) is 8.16. The summed E-state index contributed by atoms with van der Waals surface area (Å²) in [5.74, 6) is 2.14. The van der Waals surface area contributed by atoms with Gasteiger partial charge in [0.1, 0.15) is 5.78 Å². The smallest absolute Gasteiger partial charge is 0.139 e. The first-order chi connectivity index (χ1) is 8.62. The maximum Gasteiger partial charge on any atom is 0.139 e. The van der Waals surface area contributed by atoms with Crippen molar-refractivity contribution < 1.29 is 4.79 Å². The molecule has 2 rings (SSSR count). The van der Waals surface area contributed by atoms with E-state index in [2.05, 4.69) is 13.8 Å². The van der Waals surface area contributed by atoms with Crippen LogP contribution in [-0.2, 0) is 4.79 Å². The molecule has 2 aliphatic rings. The normalized spacial score (nSPS) is 23.9. The van der Waals surface area contributed by atoms with E-state index >= 15 is 0 Å². The predicted molar refractivity (Wildman–Crippen MR) is 76.6 cm³/mol. The van der Waals surface area contributed by atoms with E-state index in [0.717, 1.165) is 18.8 Å². The summed E-state index contributed by atoms with van der Waals surface area (Å²) in [4.78, 5) is 12.7. The van der Waals surface area contributed by atoms with Crippen molar-refractivity contribution in [2.75, 3.05) is 0 Å². The molecule has 2 saturated carbocycles. The maximum absolute atomic E-state index is 12.7. The van der Waals surface area contributed by atoms with Gasteiger partial charge in [0.2, 0.25) is 0 Å². The molecule has 18 heavy (non-hydrogen) atoms. The van der Waals surface area contributed by atoms with Crippen LogP contribution in [-0.4, -0.2) is 5.78 Å². The summed E-state index contributed by atoms with van der Waals surface area (Å²) in [6, 6.07) is 0. The molecule has 0 aromatic rings. The second-order valence-electron chi connectivity index (χ2n) is 7.20. The minimum atomic E-state index is 0.0901. The fourth-order valence-corrected chi connectivity index (χ4v) is 4.33. The molecular weight excluding hydrogens is 220 g/mol. The van der Waals surface area contributed by atoms with Crippen LogP contribution in [0, 0.1) is 17.3 Å². The summed E-state index contributed by atoms with van der Waals surface area (Å²) in [5, 5.41) is 0. The van der Waals surface area contributed by atoms with E-state index in [4.69, 9.17) is 0 Å². The van der Waals surface area contributed by atoms with E-state index in [-0.39, 0.29) is 5.41 Å². The molecule has 0 spiro atoms. The molecule has 2 aliphatic carbocycles. The van der Waals surface area contributed by atoms with Gasteiger partial charge in [0.25, 0.3) is 0 Å². The van der Waals surface area contributed by atoms with Crippen LogP contribution in [0.25, 0.3) is 0 Å². The fourth-order valence-electron chi connectivity index (χ4n) is 4.33. The second kappa shape index (κ2) is 6.21. The number of carbonyl (C=O) groups excluding carboxylic acids is 1. The van der Waals surface area contributed by atoms with Gasteiger partial charge in [-0.15, -0.1) is 0 Å². The number of ketones is 1. The lowest BCUT2D eigenvalue weighted by molar-refractivity contribution is -0.129. The molecule has 0 aromatic heterocycles. The van der Waals surface area contributed by atoms with Gasteiger partial charge in [-0.05, 0) is 37.5 Å². The third-order valence-electron chi connectivity index (χ3n) is 5.21. The summed E-state index contributed by atoms with van der Waals surface area (Å²) < 4.78 is 0. The Morgan fingerprint density at radius 1 is 1.11 bits per heavy atom. The largest absolute Gasteiger partial charge is 0.299 e. The van der Waals surface area contributed by atoms with Crippen LogP contribution in [0.4, 0.5) is 0 Å². The van der Waals surface area contributed by atoms with Gasteiger partial charge >= 0.3 is 0 Å². The summed E-state index contributed by atoms with van der Waals surface area (Å²) in [7, 11) is 0. The van der Waals surface area contributed by atoms with Crippen LogP contribution in [0.5, 0.6) is 0 Å². The topological polar surface area (TPSA) is 17.1 Å². The van der Waals surface area contributed by atoms with Gasteiger partial charge < -0.3 is 0 Å². The van der Waals surface area contributed by atoms with Gasteiger partial charge in [-0.2, -0.15) is 0 Å². The Kier molecular flexibility index (Phi) is 4.86. The number of Topliss-reactive ketones (excluding diaryl/α,β-unsaturated/α-hetero) is 1. The van der Waals surface area contributed by atoms with Crippen molar-refractivity contribution in [2.24, 2.45) is 17.3 Å². The van der Waals surface area contributed by atoms with Crippen molar-refractivity contribution >= 4 is 5.78 Å². The van der Waals surface area contributed by atoms with Gasteiger partial charge in [-0.25, -0.2) is 0 Å². The summed E-state index contributed by atoms with van der Waals surface area (Å²) in [6.45, 7) is 4.54. The van der Waals surface area contributed by atoms with E-state index in [1.165, 1.54) is 57.8 Å². The average Bonchev–Trinajstić information content (AvgIpc) is 2.96. The zero-order valence-corrected chi connectivity index (χ0v) is 12.3. The van der Waals surface area contributed by atoms with Crippen LogP contribution in [0.1, 0.15) is 84.5 Å². The number of carbonyl (C=O) groups is 1. The van der Waals surface area contributed by atoms with Crippen molar-refractivity contribution in [2.45, 2.75) is 84.5 Å². The summed E-state index contributed by atoms with van der Waals surface area (Å²) >= 11 is 0. The highest BCUT2D eigenvalue weighted by Gasteiger charge is 2.40. The lowest BCUT2D eigenvalue weighted by Crippen LogP contribution is -2.30. The molecule has 104 valence electrons. The van der Waals surface area contributed by atoms with Crippen LogP contribution in [0.2, 0.25) is 0 Å². The van der Waals surface area contributed by atoms with Crippen LogP contribution in [0.3, 0.4) is 0 Å². The average molecular weight is 250 g/mol. The van der Waals surface area contributed by atoms with E-state index < -0.39 is 0 Å². The SMILES string of the molecule is CC(C)CC1(C(=O)CCC2CCCC2)CCCC1. The standard InChI is InChI=1S/C17H30O/c1-14(2)13-17(11-5-6-12-17)16(18)10-9-15-7-3-4-8-15/h14-15H,3-13H2,1-2H3. The first kappa shape index (κ1) is 14.1. The molecule has 0 saturated heterocycles. The molecule has 0 radical (unpaired) electrons. The molecule has 1 nitrogen and oxygen atoms in total. The van der Waals surface area contributed by atoms with E-state index in [1.54, 1.807) is 0 Å². The summed E-state index contributed by atoms with van der Waals surface area (Å²) in [6.07, 6.45) is 13.7.